The molecule has 0 bridgehead atoms. The van der Waals surface area contributed by atoms with Gasteiger partial charge in [-0.25, -0.2) is 0 Å². The fourth-order valence-corrected chi connectivity index (χ4v) is 0.444. The third kappa shape index (κ3) is 2.26. The monoisotopic (exact) mass is 139 g/mol. The lowest BCUT2D eigenvalue weighted by molar-refractivity contribution is 1.14. The molecule has 0 fully saturated rings. The molecule has 56 valence electrons. The van der Waals surface area contributed by atoms with E-state index in [-0.39, 0.29) is 0 Å². The van der Waals surface area contributed by atoms with E-state index in [1.165, 1.54) is 0 Å². The van der Waals surface area contributed by atoms with Crippen LogP contribution in [-0.4, -0.2) is 0 Å². The Labute approximate surface area is 60.9 Å². The Morgan fingerprint density at radius 3 is 2.10 bits per heavy atom. The molecule has 0 aromatic carbocycles. The average molecular weight is 139 g/mol. The van der Waals surface area contributed by atoms with Gasteiger partial charge in [0.2, 0.25) is 0 Å². The van der Waals surface area contributed by atoms with E-state index in [2.05, 4.69) is 6.58 Å². The molecule has 0 aromatic heterocycles. The molecular weight excluding hydrogens is 126 g/mol. The summed E-state index contributed by atoms with van der Waals surface area (Å²) in [6.45, 7) is 5.16. The van der Waals surface area contributed by atoms with Gasteiger partial charge in [-0.05, 0) is 13.0 Å². The summed E-state index contributed by atoms with van der Waals surface area (Å²) in [5, 5.41) is 0. The summed E-state index contributed by atoms with van der Waals surface area (Å²) < 4.78 is 0. The molecule has 0 radical (unpaired) electrons. The van der Waals surface area contributed by atoms with E-state index < -0.39 is 0 Å². The number of hydrogen-bond donors (Lipinski definition) is 3. The highest BCUT2D eigenvalue weighted by atomic mass is 14.7. The van der Waals surface area contributed by atoms with E-state index in [0.29, 0.717) is 17.1 Å². The van der Waals surface area contributed by atoms with Crippen molar-refractivity contribution in [1.82, 2.24) is 0 Å². The zero-order valence-electron chi connectivity index (χ0n) is 6.09. The standard InChI is InChI=1S/C7H13N3/c1-3-4-6(9)7(10)5(2)8/h3-4H,1,8-10H2,2H3/b6-4+,7-5-. The highest BCUT2D eigenvalue weighted by Gasteiger charge is 1.94. The van der Waals surface area contributed by atoms with E-state index in [4.69, 9.17) is 17.2 Å². The molecule has 0 spiro atoms. The van der Waals surface area contributed by atoms with Gasteiger partial charge in [0.15, 0.2) is 0 Å². The Hall–Kier alpha value is -1.38. The highest BCUT2D eigenvalue weighted by Crippen LogP contribution is 1.98. The van der Waals surface area contributed by atoms with Crippen molar-refractivity contribution in [3.05, 3.63) is 35.8 Å². The van der Waals surface area contributed by atoms with Crippen LogP contribution in [0.2, 0.25) is 0 Å². The summed E-state index contributed by atoms with van der Waals surface area (Å²) in [6.07, 6.45) is 3.16. The Morgan fingerprint density at radius 2 is 1.80 bits per heavy atom. The second-order valence-corrected chi connectivity index (χ2v) is 1.95. The summed E-state index contributed by atoms with van der Waals surface area (Å²) in [7, 11) is 0. The fourth-order valence-electron chi connectivity index (χ4n) is 0.444. The van der Waals surface area contributed by atoms with Crippen LogP contribution in [0.3, 0.4) is 0 Å². The van der Waals surface area contributed by atoms with Crippen molar-refractivity contribution < 1.29 is 0 Å². The predicted molar refractivity (Wildman–Crippen MR) is 43.5 cm³/mol. The van der Waals surface area contributed by atoms with Crippen molar-refractivity contribution >= 4 is 0 Å². The van der Waals surface area contributed by atoms with Gasteiger partial charge in [0.25, 0.3) is 0 Å². The van der Waals surface area contributed by atoms with Crippen LogP contribution < -0.4 is 17.2 Å². The molecule has 0 aliphatic rings. The van der Waals surface area contributed by atoms with E-state index in [9.17, 15) is 0 Å². The normalized spacial score (nSPS) is 14.3. The van der Waals surface area contributed by atoms with Crippen LogP contribution in [0.1, 0.15) is 6.92 Å². The molecule has 0 aliphatic carbocycles. The van der Waals surface area contributed by atoms with Crippen LogP contribution in [0.4, 0.5) is 0 Å². The number of nitrogens with two attached hydrogens (primary N) is 3. The molecular formula is C7H13N3. The van der Waals surface area contributed by atoms with Gasteiger partial charge < -0.3 is 17.2 Å². The van der Waals surface area contributed by atoms with Crippen molar-refractivity contribution in [2.45, 2.75) is 6.92 Å². The minimum absolute atomic E-state index is 0.417. The van der Waals surface area contributed by atoms with Gasteiger partial charge in [-0.2, -0.15) is 0 Å². The summed E-state index contributed by atoms with van der Waals surface area (Å²) >= 11 is 0. The summed E-state index contributed by atoms with van der Waals surface area (Å²) in [5.41, 5.74) is 17.7. The molecule has 6 N–H and O–H groups in total. The molecule has 0 amide bonds. The first-order valence-electron chi connectivity index (χ1n) is 2.90. The van der Waals surface area contributed by atoms with Crippen LogP contribution >= 0.6 is 0 Å². The second kappa shape index (κ2) is 3.61. The summed E-state index contributed by atoms with van der Waals surface area (Å²) in [6, 6.07) is 0. The Morgan fingerprint density at radius 1 is 1.30 bits per heavy atom. The number of allylic oxidation sites excluding steroid dienone is 3. The maximum absolute atomic E-state index is 5.46. The van der Waals surface area contributed by atoms with Crippen molar-refractivity contribution in [3.8, 4) is 0 Å². The highest BCUT2D eigenvalue weighted by molar-refractivity contribution is 5.30. The lowest BCUT2D eigenvalue weighted by atomic mass is 10.2. The maximum atomic E-state index is 5.46. The zero-order chi connectivity index (χ0) is 8.15. The molecule has 3 heteroatoms. The molecule has 0 rings (SSSR count). The van der Waals surface area contributed by atoms with Crippen molar-refractivity contribution in [1.29, 1.82) is 0 Å². The van der Waals surface area contributed by atoms with E-state index in [1.807, 2.05) is 0 Å². The van der Waals surface area contributed by atoms with Crippen LogP contribution in [0.15, 0.2) is 35.8 Å². The Bertz CT molecular complexity index is 185. The third-order valence-electron chi connectivity index (χ3n) is 1.03. The molecule has 0 saturated heterocycles. The summed E-state index contributed by atoms with van der Waals surface area (Å²) in [4.78, 5) is 0. The fraction of sp³-hybridized carbons (Fsp3) is 0.143. The Kier molecular flexibility index (Phi) is 3.11. The maximum Gasteiger partial charge on any atom is 0.0735 e. The molecule has 0 aromatic rings. The number of hydrogen-bond acceptors (Lipinski definition) is 3. The molecule has 0 heterocycles. The topological polar surface area (TPSA) is 78.1 Å². The smallest absolute Gasteiger partial charge is 0.0735 e. The largest absolute Gasteiger partial charge is 0.401 e. The predicted octanol–water partition coefficient (Wildman–Crippen LogP) is 0.164. The molecule has 10 heavy (non-hydrogen) atoms. The minimum atomic E-state index is 0.417. The zero-order valence-corrected chi connectivity index (χ0v) is 6.09. The van der Waals surface area contributed by atoms with Crippen molar-refractivity contribution in [3.63, 3.8) is 0 Å². The average Bonchev–Trinajstić information content (AvgIpc) is 1.87. The van der Waals surface area contributed by atoms with Crippen LogP contribution in [0, 0.1) is 0 Å². The molecule has 0 aliphatic heterocycles. The second-order valence-electron chi connectivity index (χ2n) is 1.95. The van der Waals surface area contributed by atoms with Crippen molar-refractivity contribution in [2.24, 2.45) is 17.2 Å². The lowest BCUT2D eigenvalue weighted by Gasteiger charge is -2.01. The van der Waals surface area contributed by atoms with Gasteiger partial charge in [-0.3, -0.25) is 0 Å². The van der Waals surface area contributed by atoms with Crippen LogP contribution in [0.5, 0.6) is 0 Å². The summed E-state index contributed by atoms with van der Waals surface area (Å²) in [5.74, 6) is 0. The van der Waals surface area contributed by atoms with Crippen LogP contribution in [0.25, 0.3) is 0 Å². The third-order valence-corrected chi connectivity index (χ3v) is 1.03. The van der Waals surface area contributed by atoms with Gasteiger partial charge >= 0.3 is 0 Å². The quantitative estimate of drug-likeness (QED) is 0.477. The first-order valence-corrected chi connectivity index (χ1v) is 2.90. The first-order chi connectivity index (χ1) is 4.59. The van der Waals surface area contributed by atoms with Crippen LogP contribution in [-0.2, 0) is 0 Å². The molecule has 3 nitrogen and oxygen atoms in total. The first kappa shape index (κ1) is 8.62. The molecule has 0 unspecified atom stereocenters. The van der Waals surface area contributed by atoms with Gasteiger partial charge in [-0.15, -0.1) is 0 Å². The Balaban J connectivity index is 4.51. The van der Waals surface area contributed by atoms with Gasteiger partial charge in [-0.1, -0.05) is 12.7 Å². The molecule has 0 saturated carbocycles. The lowest BCUT2D eigenvalue weighted by Crippen LogP contribution is -2.14. The van der Waals surface area contributed by atoms with E-state index in [0.717, 1.165) is 0 Å². The molecule has 0 atom stereocenters. The van der Waals surface area contributed by atoms with Gasteiger partial charge in [0, 0.05) is 5.70 Å². The minimum Gasteiger partial charge on any atom is -0.401 e. The van der Waals surface area contributed by atoms with E-state index >= 15 is 0 Å². The SMILES string of the molecule is C=C/C=C(N)\C(N)=C(/C)N. The van der Waals surface area contributed by atoms with Gasteiger partial charge in [0.05, 0.1) is 11.4 Å². The van der Waals surface area contributed by atoms with E-state index in [1.54, 1.807) is 19.1 Å². The van der Waals surface area contributed by atoms with Gasteiger partial charge in [0.1, 0.15) is 0 Å². The van der Waals surface area contributed by atoms with Crippen molar-refractivity contribution in [2.75, 3.05) is 0 Å². The number of rotatable bonds is 2.